The van der Waals surface area contributed by atoms with Crippen LogP contribution in [0.4, 0.5) is 0 Å². The maximum atomic E-state index is 6.26. The molecule has 20 heavy (non-hydrogen) atoms. The van der Waals surface area contributed by atoms with Gasteiger partial charge in [-0.15, -0.1) is 0 Å². The van der Waals surface area contributed by atoms with Gasteiger partial charge in [0.1, 0.15) is 12.4 Å². The zero-order chi connectivity index (χ0) is 14.5. The average Bonchev–Trinajstić information content (AvgIpc) is 2.81. The first-order valence-electron chi connectivity index (χ1n) is 6.67. The molecular formula is C15H20ClN3O. The maximum absolute atomic E-state index is 6.26. The molecule has 0 atom stereocenters. The second-order valence-corrected chi connectivity index (χ2v) is 5.47. The number of aryl methyl sites for hydroxylation is 1. The second kappa shape index (κ2) is 6.77. The van der Waals surface area contributed by atoms with Crippen molar-refractivity contribution in [1.82, 2.24) is 15.1 Å². The van der Waals surface area contributed by atoms with E-state index in [4.69, 9.17) is 16.3 Å². The van der Waals surface area contributed by atoms with E-state index in [1.165, 1.54) is 0 Å². The summed E-state index contributed by atoms with van der Waals surface area (Å²) >= 11 is 6.26. The number of halogens is 1. The van der Waals surface area contributed by atoms with E-state index in [-0.39, 0.29) is 0 Å². The zero-order valence-electron chi connectivity index (χ0n) is 12.1. The van der Waals surface area contributed by atoms with Gasteiger partial charge in [0, 0.05) is 42.0 Å². The van der Waals surface area contributed by atoms with E-state index in [1.54, 1.807) is 10.9 Å². The van der Waals surface area contributed by atoms with Gasteiger partial charge in [-0.05, 0) is 12.1 Å². The van der Waals surface area contributed by atoms with Crippen LogP contribution in [0.25, 0.3) is 0 Å². The predicted octanol–water partition coefficient (Wildman–Crippen LogP) is 3.15. The Morgan fingerprint density at radius 3 is 2.85 bits per heavy atom. The molecule has 5 heteroatoms. The molecule has 1 N–H and O–H groups in total. The fourth-order valence-corrected chi connectivity index (χ4v) is 2.09. The van der Waals surface area contributed by atoms with Gasteiger partial charge in [-0.3, -0.25) is 4.68 Å². The van der Waals surface area contributed by atoms with Crippen LogP contribution in [0.15, 0.2) is 30.6 Å². The third-order valence-electron chi connectivity index (χ3n) is 2.92. The number of benzene rings is 1. The van der Waals surface area contributed by atoms with E-state index in [1.807, 2.05) is 31.4 Å². The van der Waals surface area contributed by atoms with E-state index in [0.29, 0.717) is 19.2 Å². The molecule has 2 aromatic rings. The van der Waals surface area contributed by atoms with Crippen molar-refractivity contribution in [3.05, 3.63) is 46.7 Å². The first kappa shape index (κ1) is 14.9. The quantitative estimate of drug-likeness (QED) is 0.889. The lowest BCUT2D eigenvalue weighted by Gasteiger charge is -2.14. The average molecular weight is 294 g/mol. The van der Waals surface area contributed by atoms with E-state index in [2.05, 4.69) is 24.3 Å². The monoisotopic (exact) mass is 293 g/mol. The van der Waals surface area contributed by atoms with Gasteiger partial charge in [-0.25, -0.2) is 0 Å². The number of rotatable bonds is 6. The van der Waals surface area contributed by atoms with Crippen molar-refractivity contribution < 1.29 is 4.74 Å². The van der Waals surface area contributed by atoms with Crippen molar-refractivity contribution in [2.45, 2.75) is 33.0 Å². The second-order valence-electron chi connectivity index (χ2n) is 5.06. The number of nitrogens with zero attached hydrogens (tertiary/aromatic N) is 2. The van der Waals surface area contributed by atoms with Crippen molar-refractivity contribution in [2.24, 2.45) is 7.05 Å². The van der Waals surface area contributed by atoms with Crippen molar-refractivity contribution in [2.75, 3.05) is 0 Å². The molecule has 0 spiro atoms. The minimum absolute atomic E-state index is 0.400. The predicted molar refractivity (Wildman–Crippen MR) is 81.0 cm³/mol. The molecule has 1 heterocycles. The number of ether oxygens (including phenoxy) is 1. The Morgan fingerprint density at radius 1 is 1.40 bits per heavy atom. The first-order chi connectivity index (χ1) is 9.56. The van der Waals surface area contributed by atoms with Gasteiger partial charge < -0.3 is 10.1 Å². The molecule has 4 nitrogen and oxygen atoms in total. The molecule has 108 valence electrons. The highest BCUT2D eigenvalue weighted by Gasteiger charge is 2.09. The minimum atomic E-state index is 0.400. The standard InChI is InChI=1S/C15H20ClN3O/c1-11(2)17-8-13-14(16)5-4-6-15(13)20-10-12-7-18-19(3)9-12/h4-7,9,11,17H,8,10H2,1-3H3. The van der Waals surface area contributed by atoms with Gasteiger partial charge in [0.05, 0.1) is 6.20 Å². The molecule has 0 saturated carbocycles. The number of aromatic nitrogens is 2. The normalized spacial score (nSPS) is 11.1. The van der Waals surface area contributed by atoms with Gasteiger partial charge in [-0.1, -0.05) is 31.5 Å². The van der Waals surface area contributed by atoms with Crippen LogP contribution in [0.1, 0.15) is 25.0 Å². The van der Waals surface area contributed by atoms with Crippen molar-refractivity contribution in [1.29, 1.82) is 0 Å². The summed E-state index contributed by atoms with van der Waals surface area (Å²) in [4.78, 5) is 0. The Kier molecular flexibility index (Phi) is 5.04. The summed E-state index contributed by atoms with van der Waals surface area (Å²) in [5.41, 5.74) is 2.03. The molecule has 0 saturated heterocycles. The minimum Gasteiger partial charge on any atom is -0.488 e. The smallest absolute Gasteiger partial charge is 0.125 e. The van der Waals surface area contributed by atoms with Gasteiger partial charge in [0.2, 0.25) is 0 Å². The third-order valence-corrected chi connectivity index (χ3v) is 3.27. The van der Waals surface area contributed by atoms with Gasteiger partial charge in [0.25, 0.3) is 0 Å². The Bertz CT molecular complexity index is 566. The topological polar surface area (TPSA) is 39.1 Å². The van der Waals surface area contributed by atoms with Crippen molar-refractivity contribution in [3.63, 3.8) is 0 Å². The number of hydrogen-bond donors (Lipinski definition) is 1. The maximum Gasteiger partial charge on any atom is 0.125 e. The highest BCUT2D eigenvalue weighted by Crippen LogP contribution is 2.27. The van der Waals surface area contributed by atoms with E-state index >= 15 is 0 Å². The fraction of sp³-hybridized carbons (Fsp3) is 0.400. The van der Waals surface area contributed by atoms with E-state index in [0.717, 1.165) is 21.9 Å². The van der Waals surface area contributed by atoms with Crippen LogP contribution in [0.3, 0.4) is 0 Å². The van der Waals surface area contributed by atoms with Gasteiger partial charge in [0.15, 0.2) is 0 Å². The summed E-state index contributed by atoms with van der Waals surface area (Å²) in [6.07, 6.45) is 3.74. The number of nitrogens with one attached hydrogen (secondary N) is 1. The zero-order valence-corrected chi connectivity index (χ0v) is 12.8. The van der Waals surface area contributed by atoms with Crippen LogP contribution in [-0.4, -0.2) is 15.8 Å². The fourth-order valence-electron chi connectivity index (χ4n) is 1.86. The summed E-state index contributed by atoms with van der Waals surface area (Å²) in [7, 11) is 1.89. The molecule has 0 amide bonds. The van der Waals surface area contributed by atoms with Crippen LogP contribution < -0.4 is 10.1 Å². The molecular weight excluding hydrogens is 274 g/mol. The van der Waals surface area contributed by atoms with Crippen LogP contribution >= 0.6 is 11.6 Å². The molecule has 2 rings (SSSR count). The third kappa shape index (κ3) is 3.99. The van der Waals surface area contributed by atoms with Crippen LogP contribution in [-0.2, 0) is 20.2 Å². The molecule has 0 bridgehead atoms. The summed E-state index contributed by atoms with van der Waals surface area (Å²) in [5.74, 6) is 0.814. The summed E-state index contributed by atoms with van der Waals surface area (Å²) < 4.78 is 7.63. The molecule has 0 aliphatic heterocycles. The lowest BCUT2D eigenvalue weighted by molar-refractivity contribution is 0.301. The lowest BCUT2D eigenvalue weighted by Crippen LogP contribution is -2.22. The highest BCUT2D eigenvalue weighted by atomic mass is 35.5. The largest absolute Gasteiger partial charge is 0.488 e. The first-order valence-corrected chi connectivity index (χ1v) is 7.05. The summed E-state index contributed by atoms with van der Waals surface area (Å²) in [6.45, 7) is 5.39. The highest BCUT2D eigenvalue weighted by molar-refractivity contribution is 6.31. The summed E-state index contributed by atoms with van der Waals surface area (Å²) in [6, 6.07) is 6.13. The van der Waals surface area contributed by atoms with E-state index < -0.39 is 0 Å². The van der Waals surface area contributed by atoms with Crippen molar-refractivity contribution in [3.8, 4) is 5.75 Å². The molecule has 0 aliphatic rings. The molecule has 1 aromatic carbocycles. The van der Waals surface area contributed by atoms with Crippen LogP contribution in [0, 0.1) is 0 Å². The van der Waals surface area contributed by atoms with E-state index in [9.17, 15) is 0 Å². The SMILES string of the molecule is CC(C)NCc1c(Cl)cccc1OCc1cnn(C)c1. The molecule has 0 unspecified atom stereocenters. The van der Waals surface area contributed by atoms with Crippen LogP contribution in [0.5, 0.6) is 5.75 Å². The molecule has 1 aromatic heterocycles. The van der Waals surface area contributed by atoms with Crippen molar-refractivity contribution >= 4 is 11.6 Å². The lowest BCUT2D eigenvalue weighted by atomic mass is 10.2. The summed E-state index contributed by atoms with van der Waals surface area (Å²) in [5, 5.41) is 8.21. The van der Waals surface area contributed by atoms with Gasteiger partial charge >= 0.3 is 0 Å². The number of hydrogen-bond acceptors (Lipinski definition) is 3. The molecule has 0 fully saturated rings. The Labute approximate surface area is 124 Å². The van der Waals surface area contributed by atoms with Crippen LogP contribution in [0.2, 0.25) is 5.02 Å². The Morgan fingerprint density at radius 2 is 2.20 bits per heavy atom. The van der Waals surface area contributed by atoms with Gasteiger partial charge in [-0.2, -0.15) is 5.10 Å². The molecule has 0 aliphatic carbocycles. The Balaban J connectivity index is 2.08. The Hall–Kier alpha value is -1.52. The molecule has 0 radical (unpaired) electrons.